The molecule has 3 rings (SSSR count). The van der Waals surface area contributed by atoms with Crippen LogP contribution in [0.15, 0.2) is 66.7 Å². The van der Waals surface area contributed by atoms with Crippen molar-refractivity contribution in [2.24, 2.45) is 5.92 Å². The molecule has 0 aliphatic carbocycles. The Morgan fingerprint density at radius 1 is 0.625 bits per heavy atom. The highest BCUT2D eigenvalue weighted by Crippen LogP contribution is 2.17. The molecule has 1 aromatic heterocycles. The van der Waals surface area contributed by atoms with Crippen LogP contribution in [0.5, 0.6) is 11.5 Å². The van der Waals surface area contributed by atoms with Gasteiger partial charge in [0.05, 0.1) is 13.2 Å². The highest BCUT2D eigenvalue weighted by molar-refractivity contribution is 5.69. The summed E-state index contributed by atoms with van der Waals surface area (Å²) in [7, 11) is 8.34. The van der Waals surface area contributed by atoms with E-state index in [9.17, 15) is 0 Å². The van der Waals surface area contributed by atoms with E-state index in [0.717, 1.165) is 68.3 Å². The van der Waals surface area contributed by atoms with Gasteiger partial charge in [-0.2, -0.15) is 4.57 Å². The van der Waals surface area contributed by atoms with Crippen LogP contribution in [0.2, 0.25) is 0 Å². The summed E-state index contributed by atoms with van der Waals surface area (Å²) in [6.07, 6.45) is 10.8. The second-order valence-corrected chi connectivity index (χ2v) is 11.2. The van der Waals surface area contributed by atoms with E-state index in [2.05, 4.69) is 147 Å². The summed E-state index contributed by atoms with van der Waals surface area (Å²) >= 11 is 0. The van der Waals surface area contributed by atoms with Gasteiger partial charge in [-0.3, -0.25) is 0 Å². The van der Waals surface area contributed by atoms with E-state index < -0.39 is 0 Å². The van der Waals surface area contributed by atoms with E-state index in [1.807, 2.05) is 0 Å². The monoisotopic (exact) mass is 542 g/mol. The first-order valence-corrected chi connectivity index (χ1v) is 14.4. The first-order chi connectivity index (χ1) is 19.3. The Hall–Kier alpha value is -3.41. The van der Waals surface area contributed by atoms with Gasteiger partial charge in [0.25, 0.3) is 0 Å². The predicted octanol–water partition coefficient (Wildman–Crippen LogP) is 6.63. The standard InChI is InChI=1S/C35H48N3O2/c1-29(2)28-38-32(18-12-30-14-20-34(21-15-30)39-26-8-24-36(3)4)10-7-11-33(38)19-13-31-16-22-35(23-17-31)40-27-9-25-37(5)6/h7,10-23,29H,8-9,24-28H2,1-6H3/q+1/b18-12+,19-13+. The predicted molar refractivity (Wildman–Crippen MR) is 170 cm³/mol. The molecule has 0 atom stereocenters. The third-order valence-electron chi connectivity index (χ3n) is 6.40. The lowest BCUT2D eigenvalue weighted by Gasteiger charge is -2.10. The Kier molecular flexibility index (Phi) is 12.9. The summed E-state index contributed by atoms with van der Waals surface area (Å²) in [4.78, 5) is 4.35. The highest BCUT2D eigenvalue weighted by Gasteiger charge is 2.14. The van der Waals surface area contributed by atoms with Gasteiger partial charge in [0.1, 0.15) is 11.5 Å². The van der Waals surface area contributed by atoms with Gasteiger partial charge in [-0.1, -0.05) is 38.1 Å². The molecular weight excluding hydrogens is 494 g/mol. The molecule has 3 aromatic rings. The SMILES string of the molecule is CC(C)C[n+]1c(/C=C/c2ccc(OCCCN(C)C)cc2)cccc1/C=C/c1ccc(OCCCN(C)C)cc1. The molecule has 0 aliphatic rings. The van der Waals surface area contributed by atoms with Gasteiger partial charge in [-0.15, -0.1) is 0 Å². The van der Waals surface area contributed by atoms with Crippen molar-refractivity contribution in [1.29, 1.82) is 0 Å². The summed E-state index contributed by atoms with van der Waals surface area (Å²) in [5.74, 6) is 2.36. The van der Waals surface area contributed by atoms with Crippen molar-refractivity contribution >= 4 is 24.3 Å². The summed E-state index contributed by atoms with van der Waals surface area (Å²) in [5, 5.41) is 0. The molecule has 5 heteroatoms. The van der Waals surface area contributed by atoms with Crippen LogP contribution >= 0.6 is 0 Å². The van der Waals surface area contributed by atoms with Crippen LogP contribution in [0.4, 0.5) is 0 Å². The number of pyridine rings is 1. The molecule has 0 amide bonds. The Morgan fingerprint density at radius 2 is 1.05 bits per heavy atom. The summed E-state index contributed by atoms with van der Waals surface area (Å²) in [6.45, 7) is 8.99. The molecule has 2 aromatic carbocycles. The lowest BCUT2D eigenvalue weighted by atomic mass is 10.1. The first-order valence-electron chi connectivity index (χ1n) is 14.4. The van der Waals surface area contributed by atoms with E-state index in [4.69, 9.17) is 9.47 Å². The number of hydrogen-bond donors (Lipinski definition) is 0. The summed E-state index contributed by atoms with van der Waals surface area (Å²) in [6, 6.07) is 23.2. The molecule has 1 heterocycles. The van der Waals surface area contributed by atoms with Crippen molar-refractivity contribution in [3.63, 3.8) is 0 Å². The average molecular weight is 543 g/mol. The molecule has 0 aliphatic heterocycles. The zero-order valence-corrected chi connectivity index (χ0v) is 25.3. The maximum Gasteiger partial charge on any atom is 0.205 e. The molecule has 0 radical (unpaired) electrons. The van der Waals surface area contributed by atoms with Crippen molar-refractivity contribution in [3.8, 4) is 11.5 Å². The molecule has 214 valence electrons. The Bertz CT molecular complexity index is 1110. The van der Waals surface area contributed by atoms with Gasteiger partial charge < -0.3 is 19.3 Å². The smallest absolute Gasteiger partial charge is 0.205 e. The largest absolute Gasteiger partial charge is 0.494 e. The minimum absolute atomic E-state index is 0.527. The minimum Gasteiger partial charge on any atom is -0.494 e. The van der Waals surface area contributed by atoms with E-state index in [1.165, 1.54) is 11.4 Å². The van der Waals surface area contributed by atoms with Crippen LogP contribution < -0.4 is 14.0 Å². The minimum atomic E-state index is 0.527. The number of aromatic nitrogens is 1. The number of hydrogen-bond acceptors (Lipinski definition) is 4. The molecule has 0 unspecified atom stereocenters. The Morgan fingerprint density at radius 3 is 1.43 bits per heavy atom. The van der Waals surface area contributed by atoms with Crippen molar-refractivity contribution in [2.45, 2.75) is 33.2 Å². The van der Waals surface area contributed by atoms with Gasteiger partial charge in [0.15, 0.2) is 6.54 Å². The fourth-order valence-electron chi connectivity index (χ4n) is 4.30. The van der Waals surface area contributed by atoms with Crippen molar-refractivity contribution < 1.29 is 14.0 Å². The fraction of sp³-hybridized carbons (Fsp3) is 0.400. The first kappa shape index (κ1) is 31.1. The van der Waals surface area contributed by atoms with E-state index in [1.54, 1.807) is 0 Å². The molecule has 0 bridgehead atoms. The summed E-state index contributed by atoms with van der Waals surface area (Å²) < 4.78 is 14.2. The number of ether oxygens (including phenoxy) is 2. The van der Waals surface area contributed by atoms with Crippen LogP contribution in [0.25, 0.3) is 24.3 Å². The summed E-state index contributed by atoms with van der Waals surface area (Å²) in [5.41, 5.74) is 4.67. The maximum atomic E-state index is 5.88. The second-order valence-electron chi connectivity index (χ2n) is 11.2. The highest BCUT2D eigenvalue weighted by atomic mass is 16.5. The molecule has 40 heavy (non-hydrogen) atoms. The molecule has 0 spiro atoms. The topological polar surface area (TPSA) is 28.8 Å². The molecule has 0 saturated carbocycles. The number of benzene rings is 2. The zero-order chi connectivity index (χ0) is 28.7. The second kappa shape index (κ2) is 16.6. The number of nitrogens with zero attached hydrogens (tertiary/aromatic N) is 3. The quantitative estimate of drug-likeness (QED) is 0.150. The van der Waals surface area contributed by atoms with Crippen LogP contribution in [-0.4, -0.2) is 64.3 Å². The van der Waals surface area contributed by atoms with Gasteiger partial charge in [0, 0.05) is 43.3 Å². The van der Waals surface area contributed by atoms with E-state index in [0.29, 0.717) is 5.92 Å². The molecule has 0 fully saturated rings. The van der Waals surface area contributed by atoms with Crippen LogP contribution in [0.1, 0.15) is 49.2 Å². The van der Waals surface area contributed by atoms with Crippen molar-refractivity contribution in [2.75, 3.05) is 54.5 Å². The lowest BCUT2D eigenvalue weighted by molar-refractivity contribution is -0.705. The number of rotatable bonds is 16. The van der Waals surface area contributed by atoms with Gasteiger partial charge >= 0.3 is 0 Å². The van der Waals surface area contributed by atoms with Gasteiger partial charge in [-0.25, -0.2) is 0 Å². The molecule has 5 nitrogen and oxygen atoms in total. The van der Waals surface area contributed by atoms with Crippen molar-refractivity contribution in [1.82, 2.24) is 9.80 Å². The normalized spacial score (nSPS) is 11.9. The van der Waals surface area contributed by atoms with Crippen LogP contribution in [0.3, 0.4) is 0 Å². The molecule has 0 saturated heterocycles. The van der Waals surface area contributed by atoms with Gasteiger partial charge in [0.2, 0.25) is 11.4 Å². The van der Waals surface area contributed by atoms with Gasteiger partial charge in [-0.05, 0) is 94.6 Å². The third-order valence-corrected chi connectivity index (χ3v) is 6.40. The molecular formula is C35H48N3O2+. The van der Waals surface area contributed by atoms with E-state index >= 15 is 0 Å². The Balaban J connectivity index is 1.66. The van der Waals surface area contributed by atoms with Crippen molar-refractivity contribution in [3.05, 3.63) is 89.2 Å². The average Bonchev–Trinajstić information content (AvgIpc) is 2.93. The molecule has 0 N–H and O–H groups in total. The van der Waals surface area contributed by atoms with E-state index in [-0.39, 0.29) is 0 Å². The Labute approximate surface area is 242 Å². The fourth-order valence-corrected chi connectivity index (χ4v) is 4.30. The van der Waals surface area contributed by atoms with Crippen LogP contribution in [-0.2, 0) is 6.54 Å². The van der Waals surface area contributed by atoms with Crippen LogP contribution in [0, 0.1) is 5.92 Å². The third kappa shape index (κ3) is 11.4. The zero-order valence-electron chi connectivity index (χ0n) is 25.3. The maximum absolute atomic E-state index is 5.88. The lowest BCUT2D eigenvalue weighted by Crippen LogP contribution is -2.42.